The first-order valence-electron chi connectivity index (χ1n) is 6.50. The van der Waals surface area contributed by atoms with Crippen LogP contribution in [-0.2, 0) is 4.79 Å². The van der Waals surface area contributed by atoms with Gasteiger partial charge in [0.1, 0.15) is 11.2 Å². The number of thioether (sulfide) groups is 1. The van der Waals surface area contributed by atoms with Crippen LogP contribution in [0.2, 0.25) is 0 Å². The van der Waals surface area contributed by atoms with Crippen molar-refractivity contribution in [3.05, 3.63) is 70.0 Å². The molecule has 0 aliphatic carbocycles. The molecule has 0 radical (unpaired) electrons. The van der Waals surface area contributed by atoms with E-state index in [2.05, 4.69) is 0 Å². The first-order valence-corrected chi connectivity index (χ1v) is 7.55. The topological polar surface area (TPSA) is 63.4 Å². The summed E-state index contributed by atoms with van der Waals surface area (Å²) in [5, 5.41) is 10.3. The number of halogens is 1. The van der Waals surface area contributed by atoms with Crippen LogP contribution in [-0.4, -0.2) is 16.6 Å². The van der Waals surface area contributed by atoms with E-state index < -0.39 is 10.7 Å². The Kier molecular flexibility index (Phi) is 3.81. The van der Waals surface area contributed by atoms with E-state index in [0.29, 0.717) is 0 Å². The maximum Gasteiger partial charge on any atom is 0.269 e. The molecule has 1 atom stereocenters. The fraction of sp³-hybridized carbons (Fsp3) is 0.133. The van der Waals surface area contributed by atoms with E-state index in [1.807, 2.05) is 0 Å². The lowest BCUT2D eigenvalue weighted by molar-refractivity contribution is -0.384. The van der Waals surface area contributed by atoms with Crippen LogP contribution < -0.4 is 4.90 Å². The van der Waals surface area contributed by atoms with Gasteiger partial charge >= 0.3 is 0 Å². The molecule has 1 heterocycles. The van der Waals surface area contributed by atoms with Gasteiger partial charge in [0.2, 0.25) is 5.91 Å². The molecule has 112 valence electrons. The second-order valence-corrected chi connectivity index (χ2v) is 5.80. The monoisotopic (exact) mass is 318 g/mol. The molecule has 0 unspecified atom stereocenters. The van der Waals surface area contributed by atoms with Crippen LogP contribution in [0.4, 0.5) is 15.8 Å². The van der Waals surface area contributed by atoms with E-state index in [9.17, 15) is 19.3 Å². The minimum absolute atomic E-state index is 0.0180. The van der Waals surface area contributed by atoms with Gasteiger partial charge in [0.25, 0.3) is 5.69 Å². The lowest BCUT2D eigenvalue weighted by atomic mass is 10.1. The number of amides is 1. The van der Waals surface area contributed by atoms with E-state index in [1.54, 1.807) is 30.3 Å². The summed E-state index contributed by atoms with van der Waals surface area (Å²) in [5.41, 5.74) is 0.932. The number of benzene rings is 2. The molecule has 0 N–H and O–H groups in total. The Morgan fingerprint density at radius 1 is 1.18 bits per heavy atom. The van der Waals surface area contributed by atoms with Crippen molar-refractivity contribution in [1.29, 1.82) is 0 Å². The molecule has 7 heteroatoms. The van der Waals surface area contributed by atoms with E-state index in [-0.39, 0.29) is 28.4 Å². The van der Waals surface area contributed by atoms with Crippen molar-refractivity contribution in [3.8, 4) is 0 Å². The maximum absolute atomic E-state index is 14.0. The number of carbonyl (C=O) groups excluding carboxylic acids is 1. The standard InChI is InChI=1S/C15H11FN2O3S/c16-12-3-1-2-4-13(12)17-14(19)9-22-15(17)10-5-7-11(8-6-10)18(20)21/h1-8,15H,9H2/t15-/m1/s1. The Bertz CT molecular complexity index is 736. The predicted molar refractivity (Wildman–Crippen MR) is 82.2 cm³/mol. The molecule has 1 saturated heterocycles. The average molecular weight is 318 g/mol. The van der Waals surface area contributed by atoms with Gasteiger partial charge in [0, 0.05) is 12.1 Å². The molecule has 3 rings (SSSR count). The summed E-state index contributed by atoms with van der Waals surface area (Å²) in [6, 6.07) is 12.1. The lowest BCUT2D eigenvalue weighted by Gasteiger charge is -2.24. The smallest absolute Gasteiger partial charge is 0.269 e. The number of nitrogens with zero attached hydrogens (tertiary/aromatic N) is 2. The number of hydrogen-bond acceptors (Lipinski definition) is 4. The number of para-hydroxylation sites is 1. The molecule has 2 aromatic carbocycles. The third-order valence-corrected chi connectivity index (χ3v) is 4.58. The van der Waals surface area contributed by atoms with Gasteiger partial charge < -0.3 is 0 Å². The van der Waals surface area contributed by atoms with Gasteiger partial charge in [0.15, 0.2) is 0 Å². The molecule has 5 nitrogen and oxygen atoms in total. The maximum atomic E-state index is 14.0. The number of nitro benzene ring substituents is 1. The van der Waals surface area contributed by atoms with Gasteiger partial charge in [-0.2, -0.15) is 0 Å². The molecule has 0 saturated carbocycles. The average Bonchev–Trinajstić information content (AvgIpc) is 2.89. The highest BCUT2D eigenvalue weighted by atomic mass is 32.2. The van der Waals surface area contributed by atoms with E-state index >= 15 is 0 Å². The Morgan fingerprint density at radius 3 is 2.50 bits per heavy atom. The minimum Gasteiger partial charge on any atom is -0.292 e. The molecule has 1 aliphatic heterocycles. The van der Waals surface area contributed by atoms with E-state index in [0.717, 1.165) is 5.56 Å². The van der Waals surface area contributed by atoms with Crippen molar-refractivity contribution in [3.63, 3.8) is 0 Å². The summed E-state index contributed by atoms with van der Waals surface area (Å²) in [5.74, 6) is -0.403. The normalized spacial score (nSPS) is 17.8. The van der Waals surface area contributed by atoms with Crippen LogP contribution in [0.3, 0.4) is 0 Å². The molecule has 1 aliphatic rings. The fourth-order valence-corrected chi connectivity index (χ4v) is 3.51. The molecular formula is C15H11FN2O3S. The van der Waals surface area contributed by atoms with Gasteiger partial charge in [0.05, 0.1) is 16.4 Å². The van der Waals surface area contributed by atoms with Crippen LogP contribution in [0.25, 0.3) is 0 Å². The summed E-state index contributed by atoms with van der Waals surface area (Å²) in [6.07, 6.45) is 0. The second-order valence-electron chi connectivity index (χ2n) is 4.73. The highest BCUT2D eigenvalue weighted by Crippen LogP contribution is 2.42. The first kappa shape index (κ1) is 14.5. The van der Waals surface area contributed by atoms with Crippen LogP contribution >= 0.6 is 11.8 Å². The Balaban J connectivity index is 1.97. The van der Waals surface area contributed by atoms with E-state index in [4.69, 9.17) is 0 Å². The van der Waals surface area contributed by atoms with E-state index in [1.165, 1.54) is 34.9 Å². The molecule has 0 spiro atoms. The van der Waals surface area contributed by atoms with Crippen LogP contribution in [0.1, 0.15) is 10.9 Å². The zero-order valence-electron chi connectivity index (χ0n) is 11.3. The van der Waals surface area contributed by atoms with Gasteiger partial charge in [-0.15, -0.1) is 11.8 Å². The molecule has 1 fully saturated rings. The summed E-state index contributed by atoms with van der Waals surface area (Å²) in [7, 11) is 0. The number of nitro groups is 1. The lowest BCUT2D eigenvalue weighted by Crippen LogP contribution is -2.28. The van der Waals surface area contributed by atoms with Crippen LogP contribution in [0, 0.1) is 15.9 Å². The summed E-state index contributed by atoms with van der Waals surface area (Å²) in [6.45, 7) is 0. The van der Waals surface area contributed by atoms with Crippen LogP contribution in [0.5, 0.6) is 0 Å². The van der Waals surface area contributed by atoms with Gasteiger partial charge in [-0.05, 0) is 29.8 Å². The predicted octanol–water partition coefficient (Wildman–Crippen LogP) is 3.51. The second kappa shape index (κ2) is 5.76. The molecular weight excluding hydrogens is 307 g/mol. The third-order valence-electron chi connectivity index (χ3n) is 3.37. The van der Waals surface area contributed by atoms with Crippen molar-refractivity contribution >= 4 is 29.0 Å². The Labute approximate surface area is 129 Å². The van der Waals surface area contributed by atoms with Crippen molar-refractivity contribution in [2.24, 2.45) is 0 Å². The number of hydrogen-bond donors (Lipinski definition) is 0. The summed E-state index contributed by atoms with van der Waals surface area (Å²) >= 11 is 1.37. The van der Waals surface area contributed by atoms with Crippen molar-refractivity contribution in [1.82, 2.24) is 0 Å². The van der Waals surface area contributed by atoms with Gasteiger partial charge in [-0.1, -0.05) is 12.1 Å². The number of non-ortho nitro benzene ring substituents is 1. The first-order chi connectivity index (χ1) is 10.6. The zero-order valence-corrected chi connectivity index (χ0v) is 12.1. The molecule has 2 aromatic rings. The summed E-state index contributed by atoms with van der Waals surface area (Å²) in [4.78, 5) is 23.7. The molecule has 0 bridgehead atoms. The highest BCUT2D eigenvalue weighted by Gasteiger charge is 2.35. The van der Waals surface area contributed by atoms with Gasteiger partial charge in [-0.25, -0.2) is 4.39 Å². The number of carbonyl (C=O) groups is 1. The van der Waals surface area contributed by atoms with Crippen molar-refractivity contribution < 1.29 is 14.1 Å². The summed E-state index contributed by atoms with van der Waals surface area (Å²) < 4.78 is 14.0. The number of rotatable bonds is 3. The zero-order chi connectivity index (χ0) is 15.7. The SMILES string of the molecule is O=C1CS[C@H](c2ccc([N+](=O)[O-])cc2)N1c1ccccc1F. The minimum atomic E-state index is -0.481. The Hall–Kier alpha value is -2.41. The van der Waals surface area contributed by atoms with Gasteiger partial charge in [-0.3, -0.25) is 19.8 Å². The highest BCUT2D eigenvalue weighted by molar-refractivity contribution is 8.00. The molecule has 0 aromatic heterocycles. The molecule has 1 amide bonds. The number of anilines is 1. The quantitative estimate of drug-likeness (QED) is 0.642. The third kappa shape index (κ3) is 2.55. The largest absolute Gasteiger partial charge is 0.292 e. The Morgan fingerprint density at radius 2 is 1.86 bits per heavy atom. The fourth-order valence-electron chi connectivity index (χ4n) is 2.34. The molecule has 22 heavy (non-hydrogen) atoms. The van der Waals surface area contributed by atoms with Crippen molar-refractivity contribution in [2.75, 3.05) is 10.7 Å². The van der Waals surface area contributed by atoms with Crippen molar-refractivity contribution in [2.45, 2.75) is 5.37 Å². The van der Waals surface area contributed by atoms with Crippen LogP contribution in [0.15, 0.2) is 48.5 Å².